The molecule has 0 atom stereocenters. The number of aromatic nitrogens is 3. The fourth-order valence-corrected chi connectivity index (χ4v) is 3.74. The lowest BCUT2D eigenvalue weighted by Crippen LogP contribution is -2.10. The van der Waals surface area contributed by atoms with E-state index in [0.717, 1.165) is 24.2 Å². The van der Waals surface area contributed by atoms with Crippen LogP contribution in [-0.2, 0) is 15.9 Å². The molecular weight excluding hydrogens is 397 g/mol. The molecule has 31 heavy (non-hydrogen) atoms. The minimum Gasteiger partial charge on any atom is -0.462 e. The number of rotatable bonds is 10. The standard InChI is InChI=1S/C24H30FN3O3/c1-5-16(6-2)22-21-20(24(29)31-8-4)15-18(13-14-30-7-3)26-23(21)28(27-22)19-11-9-17(25)10-12-19/h9-12,15-16H,5-8,13-14H2,1-4H3. The van der Waals surface area contributed by atoms with Crippen LogP contribution >= 0.6 is 0 Å². The smallest absolute Gasteiger partial charge is 0.339 e. The third kappa shape index (κ3) is 4.93. The van der Waals surface area contributed by atoms with Crippen LogP contribution in [0.2, 0.25) is 0 Å². The van der Waals surface area contributed by atoms with Crippen LogP contribution in [0.25, 0.3) is 16.7 Å². The maximum absolute atomic E-state index is 13.5. The molecule has 0 aliphatic heterocycles. The molecule has 0 aliphatic rings. The summed E-state index contributed by atoms with van der Waals surface area (Å²) in [4.78, 5) is 17.8. The number of carbonyl (C=O) groups excluding carboxylic acids is 1. The Kier molecular flexibility index (Phi) is 7.74. The Morgan fingerprint density at radius 1 is 1.10 bits per heavy atom. The van der Waals surface area contributed by atoms with E-state index < -0.39 is 5.97 Å². The molecule has 0 bridgehead atoms. The van der Waals surface area contributed by atoms with Crippen molar-refractivity contribution in [3.8, 4) is 5.69 Å². The van der Waals surface area contributed by atoms with E-state index in [0.29, 0.717) is 41.9 Å². The molecule has 0 amide bonds. The molecule has 166 valence electrons. The molecule has 0 radical (unpaired) electrons. The molecule has 2 heterocycles. The lowest BCUT2D eigenvalue weighted by molar-refractivity contribution is 0.0528. The Bertz CT molecular complexity index is 1030. The molecule has 0 aliphatic carbocycles. The van der Waals surface area contributed by atoms with Gasteiger partial charge in [-0.05, 0) is 57.0 Å². The molecule has 0 unspecified atom stereocenters. The molecule has 3 rings (SSSR count). The zero-order valence-corrected chi connectivity index (χ0v) is 18.7. The first-order chi connectivity index (χ1) is 15.0. The Morgan fingerprint density at radius 2 is 1.81 bits per heavy atom. The molecule has 0 saturated carbocycles. The van der Waals surface area contributed by atoms with Gasteiger partial charge in [0.25, 0.3) is 0 Å². The minimum absolute atomic E-state index is 0.161. The monoisotopic (exact) mass is 427 g/mol. The van der Waals surface area contributed by atoms with Gasteiger partial charge >= 0.3 is 5.97 Å². The summed E-state index contributed by atoms with van der Waals surface area (Å²) in [5.74, 6) is -0.551. The highest BCUT2D eigenvalue weighted by Gasteiger charge is 2.26. The number of hydrogen-bond donors (Lipinski definition) is 0. The average Bonchev–Trinajstić information content (AvgIpc) is 3.14. The van der Waals surface area contributed by atoms with Crippen molar-refractivity contribution in [2.45, 2.75) is 52.9 Å². The maximum atomic E-state index is 13.5. The maximum Gasteiger partial charge on any atom is 0.339 e. The first-order valence-electron chi connectivity index (χ1n) is 11.0. The number of fused-ring (bicyclic) bond motifs is 1. The molecule has 1 aromatic carbocycles. The zero-order chi connectivity index (χ0) is 22.4. The van der Waals surface area contributed by atoms with Crippen molar-refractivity contribution in [3.63, 3.8) is 0 Å². The van der Waals surface area contributed by atoms with E-state index in [9.17, 15) is 9.18 Å². The van der Waals surface area contributed by atoms with Gasteiger partial charge in [-0.1, -0.05) is 13.8 Å². The SMILES string of the molecule is CCOCCc1cc(C(=O)OCC)c2c(C(CC)CC)nn(-c3ccc(F)cc3)c2n1. The Morgan fingerprint density at radius 3 is 2.42 bits per heavy atom. The number of halogens is 1. The van der Waals surface area contributed by atoms with Gasteiger partial charge in [-0.25, -0.2) is 18.9 Å². The van der Waals surface area contributed by atoms with Crippen molar-refractivity contribution in [1.29, 1.82) is 0 Å². The molecule has 7 heteroatoms. The normalized spacial score (nSPS) is 11.4. The topological polar surface area (TPSA) is 66.2 Å². The minimum atomic E-state index is -0.390. The zero-order valence-electron chi connectivity index (χ0n) is 18.7. The number of benzene rings is 1. The molecule has 0 spiro atoms. The summed E-state index contributed by atoms with van der Waals surface area (Å²) in [6, 6.07) is 7.91. The van der Waals surface area contributed by atoms with Crippen LogP contribution < -0.4 is 0 Å². The summed E-state index contributed by atoms with van der Waals surface area (Å²) >= 11 is 0. The van der Waals surface area contributed by atoms with Gasteiger partial charge in [0.1, 0.15) is 5.82 Å². The predicted octanol–water partition coefficient (Wildman–Crippen LogP) is 5.22. The number of carbonyl (C=O) groups is 1. The average molecular weight is 428 g/mol. The fraction of sp³-hybridized carbons (Fsp3) is 0.458. The van der Waals surface area contributed by atoms with E-state index in [1.807, 2.05) is 6.92 Å². The van der Waals surface area contributed by atoms with Gasteiger partial charge in [-0.3, -0.25) is 0 Å². The summed E-state index contributed by atoms with van der Waals surface area (Å²) < 4.78 is 26.1. The van der Waals surface area contributed by atoms with Crippen molar-refractivity contribution in [2.75, 3.05) is 19.8 Å². The van der Waals surface area contributed by atoms with E-state index in [4.69, 9.17) is 19.6 Å². The van der Waals surface area contributed by atoms with E-state index in [1.165, 1.54) is 12.1 Å². The molecule has 6 nitrogen and oxygen atoms in total. The van der Waals surface area contributed by atoms with Gasteiger partial charge < -0.3 is 9.47 Å². The number of nitrogens with zero attached hydrogens (tertiary/aromatic N) is 3. The van der Waals surface area contributed by atoms with Crippen LogP contribution in [-0.4, -0.2) is 40.6 Å². The highest BCUT2D eigenvalue weighted by molar-refractivity contribution is 6.04. The quantitative estimate of drug-likeness (QED) is 0.328. The summed E-state index contributed by atoms with van der Waals surface area (Å²) in [6.07, 6.45) is 2.31. The Balaban J connectivity index is 2.29. The number of hydrogen-bond acceptors (Lipinski definition) is 5. The van der Waals surface area contributed by atoms with Gasteiger partial charge in [0.15, 0.2) is 5.65 Å². The molecule has 0 N–H and O–H groups in total. The third-order valence-corrected chi connectivity index (χ3v) is 5.36. The van der Waals surface area contributed by atoms with Crippen molar-refractivity contribution in [1.82, 2.24) is 14.8 Å². The molecule has 3 aromatic rings. The second-order valence-electron chi connectivity index (χ2n) is 7.31. The number of ether oxygens (including phenoxy) is 2. The number of pyridine rings is 1. The molecule has 2 aromatic heterocycles. The van der Waals surface area contributed by atoms with Crippen LogP contribution in [0.1, 0.15) is 68.2 Å². The first kappa shape index (κ1) is 22.9. The van der Waals surface area contributed by atoms with Gasteiger partial charge in [-0.15, -0.1) is 0 Å². The van der Waals surface area contributed by atoms with Crippen molar-refractivity contribution >= 4 is 17.0 Å². The second kappa shape index (κ2) is 10.5. The van der Waals surface area contributed by atoms with Crippen LogP contribution in [0, 0.1) is 5.82 Å². The lowest BCUT2D eigenvalue weighted by Gasteiger charge is -2.12. The molecule has 0 saturated heterocycles. The van der Waals surface area contributed by atoms with Crippen LogP contribution in [0.5, 0.6) is 0 Å². The number of esters is 1. The Labute approximate surface area is 182 Å². The van der Waals surface area contributed by atoms with Crippen LogP contribution in [0.4, 0.5) is 4.39 Å². The van der Waals surface area contributed by atoms with Crippen LogP contribution in [0.15, 0.2) is 30.3 Å². The van der Waals surface area contributed by atoms with Crippen molar-refractivity contribution < 1.29 is 18.7 Å². The summed E-state index contributed by atoms with van der Waals surface area (Å²) in [5.41, 5.74) is 3.27. The van der Waals surface area contributed by atoms with Gasteiger partial charge in [0, 0.05) is 24.6 Å². The van der Waals surface area contributed by atoms with Gasteiger partial charge in [0.05, 0.1) is 35.5 Å². The van der Waals surface area contributed by atoms with Gasteiger partial charge in [0.2, 0.25) is 0 Å². The van der Waals surface area contributed by atoms with Crippen molar-refractivity contribution in [2.24, 2.45) is 0 Å². The summed E-state index contributed by atoms with van der Waals surface area (Å²) in [5, 5.41) is 5.57. The largest absolute Gasteiger partial charge is 0.462 e. The summed E-state index contributed by atoms with van der Waals surface area (Å²) in [6.45, 7) is 9.32. The van der Waals surface area contributed by atoms with E-state index in [1.54, 1.807) is 29.8 Å². The van der Waals surface area contributed by atoms with Crippen LogP contribution in [0.3, 0.4) is 0 Å². The lowest BCUT2D eigenvalue weighted by atomic mass is 9.95. The molecule has 0 fully saturated rings. The van der Waals surface area contributed by atoms with Gasteiger partial charge in [-0.2, -0.15) is 5.10 Å². The van der Waals surface area contributed by atoms with Crippen molar-refractivity contribution in [3.05, 3.63) is 53.1 Å². The second-order valence-corrected chi connectivity index (χ2v) is 7.31. The third-order valence-electron chi connectivity index (χ3n) is 5.36. The molecular formula is C24H30FN3O3. The van der Waals surface area contributed by atoms with E-state index in [2.05, 4.69) is 13.8 Å². The summed E-state index contributed by atoms with van der Waals surface area (Å²) in [7, 11) is 0. The van der Waals surface area contributed by atoms with E-state index >= 15 is 0 Å². The first-order valence-corrected chi connectivity index (χ1v) is 11.0. The highest BCUT2D eigenvalue weighted by Crippen LogP contribution is 2.33. The predicted molar refractivity (Wildman–Crippen MR) is 118 cm³/mol. The van der Waals surface area contributed by atoms with E-state index in [-0.39, 0.29) is 18.3 Å². The fourth-order valence-electron chi connectivity index (χ4n) is 3.74. The Hall–Kier alpha value is -2.80. The highest BCUT2D eigenvalue weighted by atomic mass is 19.1.